The molecule has 2 aromatic heterocycles. The van der Waals surface area contributed by atoms with Crippen LogP contribution in [0.1, 0.15) is 13.3 Å². The molecule has 0 aliphatic carbocycles. The lowest BCUT2D eigenvalue weighted by Crippen LogP contribution is -2.32. The van der Waals surface area contributed by atoms with Crippen LogP contribution in [0.15, 0.2) is 22.2 Å². The minimum Gasteiger partial charge on any atom is -0.394 e. The molecule has 0 amide bonds. The fourth-order valence-corrected chi connectivity index (χ4v) is 2.34. The maximum absolute atomic E-state index is 11.3. The van der Waals surface area contributed by atoms with E-state index in [0.29, 0.717) is 6.42 Å². The monoisotopic (exact) mass is 464 g/mol. The van der Waals surface area contributed by atoms with Crippen LogP contribution in [-0.4, -0.2) is 74.2 Å². The number of nitrogens with zero attached hydrogens (tertiary/aromatic N) is 6. The number of ether oxygens (including phenoxy) is 1. The van der Waals surface area contributed by atoms with Gasteiger partial charge in [-0.25, -0.2) is 19.6 Å². The SMILES string of the molecule is CC[C@@H](O)Cn1cnc(N)nc1=O.Nc1ncn(C[C@@H](CO)OCP(=O)(O)O)c(=O)n1. The molecule has 0 aromatic carbocycles. The van der Waals surface area contributed by atoms with Crippen LogP contribution in [-0.2, 0) is 22.4 Å². The lowest BCUT2D eigenvalue weighted by molar-refractivity contribution is 0.0187. The summed E-state index contributed by atoms with van der Waals surface area (Å²) in [5.41, 5.74) is 9.20. The first-order valence-corrected chi connectivity index (χ1v) is 10.6. The van der Waals surface area contributed by atoms with Gasteiger partial charge >= 0.3 is 19.0 Å². The Morgan fingerprint density at radius 3 is 1.94 bits per heavy atom. The third-order valence-corrected chi connectivity index (χ3v) is 4.02. The standard InChI is InChI=1S/C7H13N4O6P.C7H12N4O2/c8-6-9-3-11(7(13)10-6)1-5(2-12)17-4-18(14,15)16;1-2-5(12)3-11-4-9-6(8)10-7(11)13/h3,5,12H,1-2,4H2,(H2,8,10,13)(H2,14,15,16);4-5,12H,2-3H2,1H3,(H2,8,10,13)/t2*5-/m01/s1. The van der Waals surface area contributed by atoms with Crippen LogP contribution >= 0.6 is 7.60 Å². The van der Waals surface area contributed by atoms with Gasteiger partial charge in [-0.3, -0.25) is 13.7 Å². The van der Waals surface area contributed by atoms with Crippen molar-refractivity contribution in [3.8, 4) is 0 Å². The van der Waals surface area contributed by atoms with Crippen molar-refractivity contribution >= 4 is 19.5 Å². The molecule has 0 fully saturated rings. The Kier molecular flexibility index (Phi) is 10.3. The Morgan fingerprint density at radius 2 is 1.55 bits per heavy atom. The predicted octanol–water partition coefficient (Wildman–Crippen LogP) is -3.28. The fourth-order valence-electron chi connectivity index (χ4n) is 1.93. The van der Waals surface area contributed by atoms with E-state index in [1.807, 2.05) is 6.92 Å². The minimum atomic E-state index is -4.33. The summed E-state index contributed by atoms with van der Waals surface area (Å²) in [4.78, 5) is 53.7. The van der Waals surface area contributed by atoms with Gasteiger partial charge in [0, 0.05) is 0 Å². The number of nitrogens with two attached hydrogens (primary N) is 2. The van der Waals surface area contributed by atoms with E-state index in [-0.39, 0.29) is 25.0 Å². The maximum Gasteiger partial charge on any atom is 0.352 e. The zero-order valence-corrected chi connectivity index (χ0v) is 17.4. The fraction of sp³-hybridized carbons (Fsp3) is 0.571. The first kappa shape index (κ1) is 26.3. The van der Waals surface area contributed by atoms with Crippen molar-refractivity contribution < 1.29 is 29.3 Å². The molecule has 2 aromatic rings. The van der Waals surface area contributed by atoms with E-state index in [9.17, 15) is 19.3 Å². The lowest BCUT2D eigenvalue weighted by Gasteiger charge is -2.16. The van der Waals surface area contributed by atoms with Gasteiger partial charge < -0.3 is 36.2 Å². The van der Waals surface area contributed by atoms with Crippen molar-refractivity contribution in [3.05, 3.63) is 33.6 Å². The number of aliphatic hydroxyl groups excluding tert-OH is 2. The molecule has 2 heterocycles. The summed E-state index contributed by atoms with van der Waals surface area (Å²) in [5.74, 6) is -0.236. The van der Waals surface area contributed by atoms with Crippen LogP contribution < -0.4 is 22.8 Å². The third kappa shape index (κ3) is 10.2. The predicted molar refractivity (Wildman–Crippen MR) is 107 cm³/mol. The van der Waals surface area contributed by atoms with Gasteiger partial charge in [-0.15, -0.1) is 0 Å². The lowest BCUT2D eigenvalue weighted by atomic mass is 10.3. The average Bonchev–Trinajstić information content (AvgIpc) is 2.68. The van der Waals surface area contributed by atoms with E-state index in [4.69, 9.17) is 31.1 Å². The highest BCUT2D eigenvalue weighted by atomic mass is 31.2. The van der Waals surface area contributed by atoms with Gasteiger partial charge in [-0.1, -0.05) is 6.92 Å². The molecule has 0 spiro atoms. The average molecular weight is 464 g/mol. The molecule has 31 heavy (non-hydrogen) atoms. The molecular formula is C14H25N8O8P. The molecule has 2 atom stereocenters. The molecular weight excluding hydrogens is 439 g/mol. The van der Waals surface area contributed by atoms with Crippen molar-refractivity contribution in [2.24, 2.45) is 0 Å². The number of aliphatic hydroxyl groups is 2. The van der Waals surface area contributed by atoms with Gasteiger partial charge in [0.15, 0.2) is 0 Å². The highest BCUT2D eigenvalue weighted by Gasteiger charge is 2.18. The molecule has 17 heteroatoms. The van der Waals surface area contributed by atoms with Crippen molar-refractivity contribution in [3.63, 3.8) is 0 Å². The van der Waals surface area contributed by atoms with Crippen LogP contribution in [0.4, 0.5) is 11.9 Å². The Bertz CT molecular complexity index is 993. The summed E-state index contributed by atoms with van der Waals surface area (Å²) in [5, 5.41) is 18.2. The van der Waals surface area contributed by atoms with Gasteiger partial charge in [0.2, 0.25) is 11.9 Å². The van der Waals surface area contributed by atoms with Crippen molar-refractivity contribution in [2.45, 2.75) is 38.6 Å². The first-order chi connectivity index (χ1) is 14.4. The first-order valence-electron chi connectivity index (χ1n) is 8.78. The van der Waals surface area contributed by atoms with Crippen LogP contribution in [0.5, 0.6) is 0 Å². The number of hydrogen-bond donors (Lipinski definition) is 6. The topological polar surface area (TPSA) is 255 Å². The maximum atomic E-state index is 11.3. The Morgan fingerprint density at radius 1 is 1.06 bits per heavy atom. The van der Waals surface area contributed by atoms with Crippen LogP contribution in [0, 0.1) is 0 Å². The van der Waals surface area contributed by atoms with Gasteiger partial charge in [-0.2, -0.15) is 9.97 Å². The summed E-state index contributed by atoms with van der Waals surface area (Å²) in [6.07, 6.45) is 0.615. The second-order valence-corrected chi connectivity index (χ2v) is 7.71. The summed E-state index contributed by atoms with van der Waals surface area (Å²) in [6.45, 7) is 1.37. The highest BCUT2D eigenvalue weighted by Crippen LogP contribution is 2.34. The van der Waals surface area contributed by atoms with Crippen molar-refractivity contribution in [2.75, 3.05) is 24.4 Å². The number of hydrogen-bond acceptors (Lipinski definition) is 12. The van der Waals surface area contributed by atoms with Gasteiger partial charge in [0.05, 0.1) is 31.9 Å². The third-order valence-electron chi connectivity index (χ3n) is 3.53. The molecule has 0 radical (unpaired) electrons. The second kappa shape index (κ2) is 12.2. The van der Waals surface area contributed by atoms with E-state index < -0.39 is 44.1 Å². The molecule has 0 saturated heterocycles. The molecule has 0 aliphatic rings. The van der Waals surface area contributed by atoms with E-state index in [1.165, 1.54) is 10.9 Å². The Labute approximate surface area is 175 Å². The summed E-state index contributed by atoms with van der Waals surface area (Å²) in [7, 11) is -4.33. The van der Waals surface area contributed by atoms with Crippen LogP contribution in [0.3, 0.4) is 0 Å². The normalized spacial score (nSPS) is 13.2. The second-order valence-electron chi connectivity index (χ2n) is 6.13. The molecule has 8 N–H and O–H groups in total. The summed E-state index contributed by atoms with van der Waals surface area (Å²) >= 11 is 0. The highest BCUT2D eigenvalue weighted by molar-refractivity contribution is 7.51. The van der Waals surface area contributed by atoms with Crippen LogP contribution in [0.2, 0.25) is 0 Å². The Balaban J connectivity index is 0.000000327. The molecule has 16 nitrogen and oxygen atoms in total. The van der Waals surface area contributed by atoms with Crippen molar-refractivity contribution in [1.82, 2.24) is 29.1 Å². The van der Waals surface area contributed by atoms with Gasteiger partial charge in [0.25, 0.3) is 0 Å². The molecule has 2 rings (SSSR count). The zero-order valence-electron chi connectivity index (χ0n) is 16.6. The van der Waals surface area contributed by atoms with Crippen LogP contribution in [0.25, 0.3) is 0 Å². The van der Waals surface area contributed by atoms with E-state index >= 15 is 0 Å². The summed E-state index contributed by atoms with van der Waals surface area (Å²) < 4.78 is 17.6. The van der Waals surface area contributed by atoms with Gasteiger partial charge in [-0.05, 0) is 6.42 Å². The van der Waals surface area contributed by atoms with Gasteiger partial charge in [0.1, 0.15) is 19.0 Å². The quantitative estimate of drug-likeness (QED) is 0.199. The minimum absolute atomic E-state index is 0.0489. The molecule has 0 bridgehead atoms. The smallest absolute Gasteiger partial charge is 0.352 e. The number of nitrogen functional groups attached to an aromatic ring is 2. The zero-order chi connectivity index (χ0) is 23.6. The molecule has 0 saturated carbocycles. The van der Waals surface area contributed by atoms with E-state index in [0.717, 1.165) is 10.9 Å². The summed E-state index contributed by atoms with van der Waals surface area (Å²) in [6, 6.07) is 0. The van der Waals surface area contributed by atoms with E-state index in [1.54, 1.807) is 0 Å². The largest absolute Gasteiger partial charge is 0.394 e. The number of aromatic nitrogens is 6. The molecule has 0 unspecified atom stereocenters. The number of anilines is 2. The Hall–Kier alpha value is -2.75. The molecule has 174 valence electrons. The van der Waals surface area contributed by atoms with Crippen molar-refractivity contribution in [1.29, 1.82) is 0 Å². The molecule has 0 aliphatic heterocycles. The van der Waals surface area contributed by atoms with E-state index in [2.05, 4.69) is 19.9 Å². The number of rotatable bonds is 9.